The monoisotopic (exact) mass is 479 g/mol. The Hall–Kier alpha value is -1.70. The number of ether oxygens (including phenoxy) is 1. The summed E-state index contributed by atoms with van der Waals surface area (Å²) >= 11 is 3.53. The Morgan fingerprint density at radius 1 is 1.14 bits per heavy atom. The molecule has 0 radical (unpaired) electrons. The van der Waals surface area contributed by atoms with Crippen LogP contribution in [0.2, 0.25) is 0 Å². The molecule has 1 amide bonds. The predicted molar refractivity (Wildman–Crippen MR) is 117 cm³/mol. The summed E-state index contributed by atoms with van der Waals surface area (Å²) in [6, 6.07) is 14.5. The van der Waals surface area contributed by atoms with E-state index < -0.39 is 15.1 Å². The molecule has 2 aromatic carbocycles. The molecular formula is C22H26BrNO4S. The van der Waals surface area contributed by atoms with Gasteiger partial charge in [0.2, 0.25) is 0 Å². The number of hydrogen-bond donors (Lipinski definition) is 1. The second kappa shape index (κ2) is 8.98. The second-order valence-corrected chi connectivity index (χ2v) is 11.1. The number of rotatable bonds is 6. The molecular weight excluding hydrogens is 454 g/mol. The highest BCUT2D eigenvalue weighted by Crippen LogP contribution is 2.35. The molecule has 0 spiro atoms. The van der Waals surface area contributed by atoms with Gasteiger partial charge in [0.25, 0.3) is 5.91 Å². The Labute approximate surface area is 180 Å². The summed E-state index contributed by atoms with van der Waals surface area (Å²) in [5.41, 5.74) is 1.08. The SMILES string of the molecule is CC(C)S(=O)(=O)c1ccccc1C(=O)NCC1(c2cccc(Br)c2)CCOCC1. The lowest BCUT2D eigenvalue weighted by Gasteiger charge is -2.38. The van der Waals surface area contributed by atoms with Gasteiger partial charge in [-0.1, -0.05) is 40.2 Å². The van der Waals surface area contributed by atoms with Gasteiger partial charge in [-0.05, 0) is 56.5 Å². The van der Waals surface area contributed by atoms with E-state index in [0.29, 0.717) is 19.8 Å². The number of halogens is 1. The van der Waals surface area contributed by atoms with Crippen molar-refractivity contribution in [2.45, 2.75) is 42.2 Å². The zero-order valence-corrected chi connectivity index (χ0v) is 19.1. The van der Waals surface area contributed by atoms with E-state index in [1.807, 2.05) is 12.1 Å². The van der Waals surface area contributed by atoms with Crippen LogP contribution in [-0.4, -0.2) is 39.3 Å². The van der Waals surface area contributed by atoms with Crippen LogP contribution < -0.4 is 5.32 Å². The summed E-state index contributed by atoms with van der Waals surface area (Å²) in [5, 5.41) is 2.41. The lowest BCUT2D eigenvalue weighted by Crippen LogP contribution is -2.44. The molecule has 1 aliphatic rings. The number of amides is 1. The van der Waals surface area contributed by atoms with Gasteiger partial charge in [0.15, 0.2) is 9.84 Å². The first kappa shape index (κ1) is 22.0. The van der Waals surface area contributed by atoms with Crippen LogP contribution in [0.4, 0.5) is 0 Å². The van der Waals surface area contributed by atoms with Crippen molar-refractivity contribution >= 4 is 31.7 Å². The molecule has 156 valence electrons. The molecule has 7 heteroatoms. The van der Waals surface area contributed by atoms with Crippen molar-refractivity contribution < 1.29 is 17.9 Å². The fourth-order valence-corrected chi connectivity index (χ4v) is 5.29. The molecule has 1 aliphatic heterocycles. The number of benzene rings is 2. The Balaban J connectivity index is 1.87. The summed E-state index contributed by atoms with van der Waals surface area (Å²) in [5.74, 6) is -0.370. The topological polar surface area (TPSA) is 72.5 Å². The number of carbonyl (C=O) groups is 1. The molecule has 2 aromatic rings. The molecule has 1 saturated heterocycles. The van der Waals surface area contributed by atoms with E-state index in [4.69, 9.17) is 4.74 Å². The van der Waals surface area contributed by atoms with Gasteiger partial charge in [0, 0.05) is 29.6 Å². The van der Waals surface area contributed by atoms with Crippen molar-refractivity contribution in [1.29, 1.82) is 0 Å². The summed E-state index contributed by atoms with van der Waals surface area (Å²) in [4.78, 5) is 13.1. The zero-order valence-electron chi connectivity index (χ0n) is 16.7. The number of nitrogens with one attached hydrogen (secondary N) is 1. The van der Waals surface area contributed by atoms with E-state index in [2.05, 4.69) is 33.4 Å². The van der Waals surface area contributed by atoms with Crippen LogP contribution >= 0.6 is 15.9 Å². The van der Waals surface area contributed by atoms with Crippen LogP contribution in [-0.2, 0) is 20.0 Å². The fraction of sp³-hybridized carbons (Fsp3) is 0.409. The third-order valence-corrected chi connectivity index (χ3v) is 8.24. The van der Waals surface area contributed by atoms with Crippen LogP contribution in [0.25, 0.3) is 0 Å². The smallest absolute Gasteiger partial charge is 0.252 e. The minimum Gasteiger partial charge on any atom is -0.381 e. The highest BCUT2D eigenvalue weighted by Gasteiger charge is 2.35. The number of carbonyl (C=O) groups excluding carboxylic acids is 1. The van der Waals surface area contributed by atoms with Gasteiger partial charge < -0.3 is 10.1 Å². The van der Waals surface area contributed by atoms with E-state index >= 15 is 0 Å². The Morgan fingerprint density at radius 2 is 1.83 bits per heavy atom. The molecule has 0 unspecified atom stereocenters. The van der Waals surface area contributed by atoms with Gasteiger partial charge in [-0.3, -0.25) is 4.79 Å². The van der Waals surface area contributed by atoms with Gasteiger partial charge in [-0.15, -0.1) is 0 Å². The molecule has 5 nitrogen and oxygen atoms in total. The Bertz CT molecular complexity index is 982. The van der Waals surface area contributed by atoms with Crippen molar-refractivity contribution in [2.24, 2.45) is 0 Å². The predicted octanol–water partition coefficient (Wildman–Crippen LogP) is 4.11. The Morgan fingerprint density at radius 3 is 2.48 bits per heavy atom. The average Bonchev–Trinajstić information content (AvgIpc) is 2.72. The van der Waals surface area contributed by atoms with E-state index in [1.54, 1.807) is 32.0 Å². The molecule has 0 bridgehead atoms. The fourth-order valence-electron chi connectivity index (χ4n) is 3.65. The largest absolute Gasteiger partial charge is 0.381 e. The molecule has 29 heavy (non-hydrogen) atoms. The maximum Gasteiger partial charge on any atom is 0.252 e. The van der Waals surface area contributed by atoms with E-state index in [1.165, 1.54) is 6.07 Å². The van der Waals surface area contributed by atoms with Crippen LogP contribution in [0.3, 0.4) is 0 Å². The van der Waals surface area contributed by atoms with E-state index in [0.717, 1.165) is 22.9 Å². The third kappa shape index (κ3) is 4.73. The molecule has 1 N–H and O–H groups in total. The van der Waals surface area contributed by atoms with Crippen LogP contribution in [0.5, 0.6) is 0 Å². The summed E-state index contributed by atoms with van der Waals surface area (Å²) in [6.07, 6.45) is 1.57. The van der Waals surface area contributed by atoms with Gasteiger partial charge >= 0.3 is 0 Å². The van der Waals surface area contributed by atoms with Crippen LogP contribution in [0, 0.1) is 0 Å². The molecule has 1 fully saturated rings. The van der Waals surface area contributed by atoms with Gasteiger partial charge in [-0.25, -0.2) is 8.42 Å². The highest BCUT2D eigenvalue weighted by molar-refractivity contribution is 9.10. The zero-order chi connectivity index (χ0) is 21.1. The lowest BCUT2D eigenvalue weighted by atomic mass is 9.74. The maximum atomic E-state index is 13.0. The summed E-state index contributed by atoms with van der Waals surface area (Å²) in [7, 11) is -3.56. The molecule has 3 rings (SSSR count). The van der Waals surface area contributed by atoms with Gasteiger partial charge in [0.05, 0.1) is 15.7 Å². The molecule has 0 atom stereocenters. The van der Waals surface area contributed by atoms with Gasteiger partial charge in [0.1, 0.15) is 0 Å². The average molecular weight is 480 g/mol. The first-order valence-electron chi connectivity index (χ1n) is 9.71. The number of hydrogen-bond acceptors (Lipinski definition) is 4. The minimum atomic E-state index is -3.56. The second-order valence-electron chi connectivity index (χ2n) is 7.68. The van der Waals surface area contributed by atoms with Crippen molar-refractivity contribution in [3.05, 3.63) is 64.1 Å². The van der Waals surface area contributed by atoms with Crippen molar-refractivity contribution in [2.75, 3.05) is 19.8 Å². The molecule has 1 heterocycles. The first-order valence-corrected chi connectivity index (χ1v) is 12.1. The molecule has 0 aliphatic carbocycles. The highest BCUT2D eigenvalue weighted by atomic mass is 79.9. The standard InChI is InChI=1S/C22H26BrNO4S/c1-16(2)29(26,27)20-9-4-3-8-19(20)21(25)24-15-22(10-12-28-13-11-22)17-6-5-7-18(23)14-17/h3-9,14,16H,10-13,15H2,1-2H3,(H,24,25). The van der Waals surface area contributed by atoms with Crippen LogP contribution in [0.15, 0.2) is 57.9 Å². The van der Waals surface area contributed by atoms with E-state index in [-0.39, 0.29) is 21.8 Å². The van der Waals surface area contributed by atoms with Crippen molar-refractivity contribution in [3.8, 4) is 0 Å². The van der Waals surface area contributed by atoms with Crippen molar-refractivity contribution in [1.82, 2.24) is 5.32 Å². The molecule has 0 aromatic heterocycles. The van der Waals surface area contributed by atoms with Crippen LogP contribution in [0.1, 0.15) is 42.6 Å². The quantitative estimate of drug-likeness (QED) is 0.676. The summed E-state index contributed by atoms with van der Waals surface area (Å²) in [6.45, 7) is 4.91. The third-order valence-electron chi connectivity index (χ3n) is 5.53. The summed E-state index contributed by atoms with van der Waals surface area (Å²) < 4.78 is 31.9. The Kier molecular flexibility index (Phi) is 6.81. The van der Waals surface area contributed by atoms with Crippen molar-refractivity contribution in [3.63, 3.8) is 0 Å². The van der Waals surface area contributed by atoms with E-state index in [9.17, 15) is 13.2 Å². The maximum absolute atomic E-state index is 13.0. The minimum absolute atomic E-state index is 0.0796. The lowest BCUT2D eigenvalue weighted by molar-refractivity contribution is 0.0486. The first-order chi connectivity index (χ1) is 13.8. The van der Waals surface area contributed by atoms with Gasteiger partial charge in [-0.2, -0.15) is 0 Å². The normalized spacial score (nSPS) is 16.6. The number of sulfone groups is 1. The molecule has 0 saturated carbocycles.